The summed E-state index contributed by atoms with van der Waals surface area (Å²) in [5, 5.41) is 2.62. The van der Waals surface area contributed by atoms with Crippen molar-refractivity contribution < 1.29 is 14.3 Å². The number of ketones is 1. The van der Waals surface area contributed by atoms with E-state index in [1.165, 1.54) is 0 Å². The number of halogens is 1. The number of rotatable bonds is 8. The van der Waals surface area contributed by atoms with Crippen LogP contribution in [-0.2, 0) is 9.53 Å². The first-order chi connectivity index (χ1) is 9.54. The fraction of sp³-hybridized carbons (Fsp3) is 0.429. The van der Waals surface area contributed by atoms with E-state index >= 15 is 0 Å². The van der Waals surface area contributed by atoms with Crippen LogP contribution in [0.5, 0.6) is 0 Å². The summed E-state index contributed by atoms with van der Waals surface area (Å²) in [6, 6.07) is 6.71. The van der Waals surface area contributed by atoms with Crippen LogP contribution in [0.4, 0.5) is 0 Å². The number of amides is 1. The monoisotopic (exact) mass is 342 g/mol. The minimum absolute atomic E-state index is 0.387. The van der Waals surface area contributed by atoms with E-state index in [1.54, 1.807) is 31.4 Å². The largest absolute Gasteiger partial charge is 0.383 e. The lowest BCUT2D eigenvalue weighted by molar-refractivity contribution is -0.117. The summed E-state index contributed by atoms with van der Waals surface area (Å²) in [4.78, 5) is 25.6. The average molecular weight is 343 g/mol. The van der Waals surface area contributed by atoms with Gasteiger partial charge < -0.3 is 15.0 Å². The Balaban J connectivity index is 2.35. The molecule has 0 atom stereocenters. The van der Waals surface area contributed by atoms with Gasteiger partial charge in [0.05, 0.1) is 6.61 Å². The van der Waals surface area contributed by atoms with Crippen LogP contribution in [0, 0.1) is 0 Å². The number of carbonyl (C=O) groups excluding carboxylic acids is 2. The molecule has 0 aromatic heterocycles. The highest BCUT2D eigenvalue weighted by Gasteiger charge is 2.15. The first-order valence-electron chi connectivity index (χ1n) is 6.30. The predicted molar refractivity (Wildman–Crippen MR) is 80.9 cm³/mol. The summed E-state index contributed by atoms with van der Waals surface area (Å²) in [6.07, 6.45) is 0. The van der Waals surface area contributed by atoms with Crippen LogP contribution in [0.1, 0.15) is 10.4 Å². The highest BCUT2D eigenvalue weighted by molar-refractivity contribution is 9.10. The third-order valence-corrected chi connectivity index (χ3v) is 3.30. The van der Waals surface area contributed by atoms with E-state index in [2.05, 4.69) is 21.2 Å². The molecule has 20 heavy (non-hydrogen) atoms. The smallest absolute Gasteiger partial charge is 0.292 e. The number of hydrogen-bond acceptors (Lipinski definition) is 4. The molecule has 0 bridgehead atoms. The molecule has 0 saturated carbocycles. The molecular weight excluding hydrogens is 324 g/mol. The summed E-state index contributed by atoms with van der Waals surface area (Å²) >= 11 is 3.28. The van der Waals surface area contributed by atoms with Crippen molar-refractivity contribution >= 4 is 27.6 Å². The van der Waals surface area contributed by atoms with Crippen molar-refractivity contribution in [2.45, 2.75) is 0 Å². The predicted octanol–water partition coefficient (Wildman–Crippen LogP) is 1.33. The van der Waals surface area contributed by atoms with Crippen molar-refractivity contribution in [3.63, 3.8) is 0 Å². The van der Waals surface area contributed by atoms with Crippen LogP contribution in [0.3, 0.4) is 0 Å². The van der Waals surface area contributed by atoms with Crippen molar-refractivity contribution in [1.29, 1.82) is 0 Å². The van der Waals surface area contributed by atoms with E-state index < -0.39 is 11.7 Å². The van der Waals surface area contributed by atoms with Crippen LogP contribution in [0.15, 0.2) is 28.7 Å². The number of likely N-dealkylation sites (N-methyl/N-ethyl adjacent to an activating group) is 1. The maximum atomic E-state index is 11.8. The molecule has 0 aliphatic carbocycles. The SMILES string of the molecule is COCCN(C)CCNC(=O)C(=O)c1ccc(Br)cc1. The molecular formula is C14H19BrN2O3. The summed E-state index contributed by atoms with van der Waals surface area (Å²) in [6.45, 7) is 2.53. The molecule has 1 N–H and O–H groups in total. The quantitative estimate of drug-likeness (QED) is 0.572. The Labute approximate surface area is 127 Å². The van der Waals surface area contributed by atoms with Gasteiger partial charge in [-0.2, -0.15) is 0 Å². The zero-order valence-corrected chi connectivity index (χ0v) is 13.3. The Kier molecular flexibility index (Phi) is 7.43. The molecule has 110 valence electrons. The zero-order chi connectivity index (χ0) is 15.0. The fourth-order valence-corrected chi connectivity index (χ4v) is 1.80. The Morgan fingerprint density at radius 2 is 1.90 bits per heavy atom. The second-order valence-electron chi connectivity index (χ2n) is 4.39. The van der Waals surface area contributed by atoms with Crippen molar-refractivity contribution in [3.8, 4) is 0 Å². The van der Waals surface area contributed by atoms with Crippen molar-refractivity contribution in [2.75, 3.05) is 40.4 Å². The second kappa shape index (κ2) is 8.84. The molecule has 0 saturated heterocycles. The standard InChI is InChI=1S/C14H19BrN2O3/c1-17(9-10-20-2)8-7-16-14(19)13(18)11-3-5-12(15)6-4-11/h3-6H,7-10H2,1-2H3,(H,16,19). The molecule has 0 heterocycles. The third kappa shape index (κ3) is 5.81. The number of nitrogens with zero attached hydrogens (tertiary/aromatic N) is 1. The molecule has 0 radical (unpaired) electrons. The van der Waals surface area contributed by atoms with Gasteiger partial charge in [0, 0.05) is 36.8 Å². The first kappa shape index (κ1) is 16.8. The molecule has 0 fully saturated rings. The van der Waals surface area contributed by atoms with Gasteiger partial charge in [-0.05, 0) is 31.3 Å². The summed E-state index contributed by atoms with van der Waals surface area (Å²) in [5.74, 6) is -1.09. The number of methoxy groups -OCH3 is 1. The number of nitrogens with one attached hydrogen (secondary N) is 1. The number of Topliss-reactive ketones (excluding diaryl/α,β-unsaturated/α-hetero) is 1. The van der Waals surface area contributed by atoms with Gasteiger partial charge in [0.1, 0.15) is 0 Å². The van der Waals surface area contributed by atoms with Gasteiger partial charge in [-0.1, -0.05) is 15.9 Å². The summed E-state index contributed by atoms with van der Waals surface area (Å²) in [5.41, 5.74) is 0.387. The molecule has 0 aliphatic rings. The fourth-order valence-electron chi connectivity index (χ4n) is 1.53. The molecule has 1 aromatic carbocycles. The number of ether oxygens (including phenoxy) is 1. The molecule has 1 rings (SSSR count). The van der Waals surface area contributed by atoms with Gasteiger partial charge in [-0.3, -0.25) is 9.59 Å². The normalized spacial score (nSPS) is 10.6. The van der Waals surface area contributed by atoms with Crippen LogP contribution >= 0.6 is 15.9 Å². The van der Waals surface area contributed by atoms with Crippen LogP contribution in [0.2, 0.25) is 0 Å². The van der Waals surface area contributed by atoms with Crippen molar-refractivity contribution in [3.05, 3.63) is 34.3 Å². The van der Waals surface area contributed by atoms with E-state index in [0.29, 0.717) is 25.3 Å². The number of hydrogen-bond donors (Lipinski definition) is 1. The molecule has 0 unspecified atom stereocenters. The van der Waals surface area contributed by atoms with Gasteiger partial charge in [0.25, 0.3) is 5.91 Å². The lowest BCUT2D eigenvalue weighted by Gasteiger charge is -2.15. The zero-order valence-electron chi connectivity index (χ0n) is 11.7. The second-order valence-corrected chi connectivity index (χ2v) is 5.30. The number of carbonyl (C=O) groups is 2. The molecule has 0 spiro atoms. The molecule has 6 heteroatoms. The number of benzene rings is 1. The van der Waals surface area contributed by atoms with Gasteiger partial charge in [0.15, 0.2) is 0 Å². The van der Waals surface area contributed by atoms with Gasteiger partial charge in [-0.25, -0.2) is 0 Å². The van der Waals surface area contributed by atoms with E-state index in [-0.39, 0.29) is 0 Å². The Morgan fingerprint density at radius 3 is 2.50 bits per heavy atom. The van der Waals surface area contributed by atoms with Gasteiger partial charge >= 0.3 is 0 Å². The lowest BCUT2D eigenvalue weighted by atomic mass is 10.1. The average Bonchev–Trinajstić information content (AvgIpc) is 2.45. The first-order valence-corrected chi connectivity index (χ1v) is 7.09. The maximum absolute atomic E-state index is 11.8. The Bertz CT molecular complexity index is 448. The topological polar surface area (TPSA) is 58.6 Å². The van der Waals surface area contributed by atoms with Crippen molar-refractivity contribution in [2.24, 2.45) is 0 Å². The molecule has 1 amide bonds. The minimum Gasteiger partial charge on any atom is -0.383 e. The van der Waals surface area contributed by atoms with Gasteiger partial charge in [0.2, 0.25) is 5.78 Å². The Morgan fingerprint density at radius 1 is 1.25 bits per heavy atom. The van der Waals surface area contributed by atoms with E-state index in [1.807, 2.05) is 11.9 Å². The summed E-state index contributed by atoms with van der Waals surface area (Å²) < 4.78 is 5.83. The molecule has 1 aromatic rings. The Hall–Kier alpha value is -1.24. The lowest BCUT2D eigenvalue weighted by Crippen LogP contribution is -2.37. The summed E-state index contributed by atoms with van der Waals surface area (Å²) in [7, 11) is 3.58. The molecule has 0 aliphatic heterocycles. The van der Waals surface area contributed by atoms with E-state index in [0.717, 1.165) is 11.0 Å². The maximum Gasteiger partial charge on any atom is 0.292 e. The van der Waals surface area contributed by atoms with E-state index in [4.69, 9.17) is 4.74 Å². The molecule has 5 nitrogen and oxygen atoms in total. The third-order valence-electron chi connectivity index (χ3n) is 2.77. The highest BCUT2D eigenvalue weighted by atomic mass is 79.9. The van der Waals surface area contributed by atoms with E-state index in [9.17, 15) is 9.59 Å². The van der Waals surface area contributed by atoms with Gasteiger partial charge in [-0.15, -0.1) is 0 Å². The van der Waals surface area contributed by atoms with Crippen molar-refractivity contribution in [1.82, 2.24) is 10.2 Å². The van der Waals surface area contributed by atoms with Crippen LogP contribution in [0.25, 0.3) is 0 Å². The highest BCUT2D eigenvalue weighted by Crippen LogP contribution is 2.10. The van der Waals surface area contributed by atoms with Crippen LogP contribution in [-0.4, -0.2) is 57.0 Å². The minimum atomic E-state index is -0.576. The van der Waals surface area contributed by atoms with Crippen LogP contribution < -0.4 is 5.32 Å².